The molecule has 0 unspecified atom stereocenters. The molecule has 0 aliphatic rings. The van der Waals surface area contributed by atoms with Gasteiger partial charge in [-0.05, 0) is 23.8 Å². The topological polar surface area (TPSA) is 48.7 Å². The smallest absolute Gasteiger partial charge is 0.406 e. The van der Waals surface area contributed by atoms with Crippen molar-refractivity contribution in [1.82, 2.24) is 14.4 Å². The molecular weight excluding hydrogens is 380 g/mol. The molecule has 0 saturated heterocycles. The van der Waals surface area contributed by atoms with E-state index in [-0.39, 0.29) is 23.4 Å². The third-order valence-corrected chi connectivity index (χ3v) is 3.55. The van der Waals surface area contributed by atoms with Crippen molar-refractivity contribution in [3.8, 4) is 17.0 Å². The van der Waals surface area contributed by atoms with Crippen molar-refractivity contribution < 1.29 is 35.8 Å². The number of nitrogens with zero attached hydrogens (tertiary/aromatic N) is 3. The van der Waals surface area contributed by atoms with Gasteiger partial charge in [0.2, 0.25) is 5.82 Å². The number of methoxy groups -OCH3 is 1. The Bertz CT molecular complexity index is 965. The van der Waals surface area contributed by atoms with Gasteiger partial charge in [-0.3, -0.25) is 9.38 Å². The van der Waals surface area contributed by atoms with Crippen LogP contribution in [0.5, 0.6) is 5.75 Å². The normalized spacial score (nSPS) is 12.6. The van der Waals surface area contributed by atoms with Crippen molar-refractivity contribution in [3.63, 3.8) is 0 Å². The highest BCUT2D eigenvalue weighted by Gasteiger charge is 2.36. The van der Waals surface area contributed by atoms with Gasteiger partial charge in [0.15, 0.2) is 0 Å². The number of aromatic nitrogens is 3. The highest BCUT2D eigenvalue weighted by atomic mass is 19.4. The largest absolute Gasteiger partial charge is 0.573 e. The van der Waals surface area contributed by atoms with E-state index in [4.69, 9.17) is 4.74 Å². The SMILES string of the molecule is COCc1cc(OC(F)(F)F)ccc1-c1cn2c(C(F)(F)F)ncc2cn1. The van der Waals surface area contributed by atoms with Gasteiger partial charge in [-0.1, -0.05) is 0 Å². The highest BCUT2D eigenvalue weighted by molar-refractivity contribution is 5.66. The maximum Gasteiger partial charge on any atom is 0.573 e. The second kappa shape index (κ2) is 6.72. The molecule has 5 nitrogen and oxygen atoms in total. The van der Waals surface area contributed by atoms with Gasteiger partial charge in [-0.2, -0.15) is 13.2 Å². The van der Waals surface area contributed by atoms with Crippen molar-refractivity contribution in [2.75, 3.05) is 7.11 Å². The van der Waals surface area contributed by atoms with Gasteiger partial charge in [0.05, 0.1) is 30.2 Å². The van der Waals surface area contributed by atoms with E-state index < -0.39 is 24.1 Å². The summed E-state index contributed by atoms with van der Waals surface area (Å²) in [5.41, 5.74) is 0.794. The van der Waals surface area contributed by atoms with Crippen molar-refractivity contribution >= 4 is 5.52 Å². The number of hydrogen-bond acceptors (Lipinski definition) is 4. The first-order valence-corrected chi connectivity index (χ1v) is 7.37. The lowest BCUT2D eigenvalue weighted by Crippen LogP contribution is -2.17. The molecule has 0 aliphatic carbocycles. The Morgan fingerprint density at radius 1 is 1.04 bits per heavy atom. The fraction of sp³-hybridized carbons (Fsp3) is 0.250. The zero-order valence-corrected chi connectivity index (χ0v) is 13.6. The maximum absolute atomic E-state index is 13.0. The third kappa shape index (κ3) is 4.13. The predicted molar refractivity (Wildman–Crippen MR) is 80.8 cm³/mol. The van der Waals surface area contributed by atoms with Crippen LogP contribution in [0.15, 0.2) is 36.8 Å². The molecule has 144 valence electrons. The Kier molecular flexibility index (Phi) is 4.72. The summed E-state index contributed by atoms with van der Waals surface area (Å²) in [7, 11) is 1.33. The van der Waals surface area contributed by atoms with Gasteiger partial charge >= 0.3 is 12.5 Å². The van der Waals surface area contributed by atoms with Gasteiger partial charge in [-0.25, -0.2) is 4.98 Å². The van der Waals surface area contributed by atoms with Gasteiger partial charge < -0.3 is 9.47 Å². The fourth-order valence-electron chi connectivity index (χ4n) is 2.54. The molecule has 0 radical (unpaired) electrons. The zero-order chi connectivity index (χ0) is 19.8. The summed E-state index contributed by atoms with van der Waals surface area (Å²) in [6.07, 6.45) is -6.22. The molecule has 2 heterocycles. The lowest BCUT2D eigenvalue weighted by Gasteiger charge is -2.14. The molecule has 2 aromatic heterocycles. The Hall–Kier alpha value is -2.82. The van der Waals surface area contributed by atoms with E-state index in [1.165, 1.54) is 19.4 Å². The first-order valence-electron chi connectivity index (χ1n) is 7.37. The molecule has 0 amide bonds. The minimum Gasteiger partial charge on any atom is -0.406 e. The van der Waals surface area contributed by atoms with E-state index in [2.05, 4.69) is 14.7 Å². The van der Waals surface area contributed by atoms with E-state index in [1.54, 1.807) is 0 Å². The van der Waals surface area contributed by atoms with E-state index in [0.717, 1.165) is 28.9 Å². The minimum absolute atomic E-state index is 0.0971. The van der Waals surface area contributed by atoms with E-state index in [0.29, 0.717) is 5.56 Å². The first-order chi connectivity index (χ1) is 12.6. The molecular formula is C16H11F6N3O2. The zero-order valence-electron chi connectivity index (χ0n) is 13.6. The van der Waals surface area contributed by atoms with Crippen LogP contribution < -0.4 is 4.74 Å². The standard InChI is InChI=1S/C16H11F6N3O2/c1-26-8-9-4-11(27-16(20,21)22)2-3-12(9)13-7-25-10(5-23-13)6-24-14(25)15(17,18)19/h2-7H,8H2,1H3. The second-order valence-corrected chi connectivity index (χ2v) is 5.45. The molecule has 0 aliphatic heterocycles. The molecule has 0 fully saturated rings. The minimum atomic E-state index is -4.87. The summed E-state index contributed by atoms with van der Waals surface area (Å²) < 4.78 is 86.0. The Labute approximate surface area is 148 Å². The average Bonchev–Trinajstić information content (AvgIpc) is 2.97. The third-order valence-electron chi connectivity index (χ3n) is 3.55. The average molecular weight is 391 g/mol. The molecule has 0 spiro atoms. The van der Waals surface area contributed by atoms with Crippen LogP contribution in [0.25, 0.3) is 16.8 Å². The van der Waals surface area contributed by atoms with Crippen LogP contribution in [0.3, 0.4) is 0 Å². The van der Waals surface area contributed by atoms with E-state index >= 15 is 0 Å². The molecule has 0 bridgehead atoms. The molecule has 1 aromatic carbocycles. The molecule has 3 aromatic rings. The molecule has 3 rings (SSSR count). The number of rotatable bonds is 4. The number of imidazole rings is 1. The van der Waals surface area contributed by atoms with E-state index in [9.17, 15) is 26.3 Å². The summed E-state index contributed by atoms with van der Waals surface area (Å²) in [6.45, 7) is -0.0971. The highest BCUT2D eigenvalue weighted by Crippen LogP contribution is 2.32. The number of fused-ring (bicyclic) bond motifs is 1. The molecule has 11 heteroatoms. The van der Waals surface area contributed by atoms with Crippen LogP contribution in [-0.2, 0) is 17.5 Å². The van der Waals surface area contributed by atoms with Gasteiger partial charge in [0, 0.05) is 18.9 Å². The maximum atomic E-state index is 13.0. The number of ether oxygens (including phenoxy) is 2. The van der Waals surface area contributed by atoms with E-state index in [1.807, 2.05) is 0 Å². The number of hydrogen-bond donors (Lipinski definition) is 0. The van der Waals surface area contributed by atoms with Gasteiger partial charge in [0.25, 0.3) is 0 Å². The quantitative estimate of drug-likeness (QED) is 0.617. The summed E-state index contributed by atoms with van der Waals surface area (Å²) in [6, 6.07) is 3.41. The summed E-state index contributed by atoms with van der Waals surface area (Å²) in [5, 5.41) is 0. The van der Waals surface area contributed by atoms with Crippen LogP contribution in [0.4, 0.5) is 26.3 Å². The summed E-state index contributed by atoms with van der Waals surface area (Å²) >= 11 is 0. The fourth-order valence-corrected chi connectivity index (χ4v) is 2.54. The van der Waals surface area contributed by atoms with Crippen molar-refractivity contribution in [2.24, 2.45) is 0 Å². The Morgan fingerprint density at radius 3 is 2.37 bits per heavy atom. The van der Waals surface area contributed by atoms with Crippen LogP contribution in [0.2, 0.25) is 0 Å². The number of benzene rings is 1. The van der Waals surface area contributed by atoms with Crippen molar-refractivity contribution in [2.45, 2.75) is 19.1 Å². The molecule has 0 N–H and O–H groups in total. The lowest BCUT2D eigenvalue weighted by atomic mass is 10.0. The van der Waals surface area contributed by atoms with Crippen molar-refractivity contribution in [1.29, 1.82) is 0 Å². The van der Waals surface area contributed by atoms with Gasteiger partial charge in [0.1, 0.15) is 5.75 Å². The Balaban J connectivity index is 2.09. The summed E-state index contributed by atoms with van der Waals surface area (Å²) in [4.78, 5) is 7.42. The lowest BCUT2D eigenvalue weighted by molar-refractivity contribution is -0.274. The van der Waals surface area contributed by atoms with Crippen LogP contribution in [0.1, 0.15) is 11.4 Å². The summed E-state index contributed by atoms with van der Waals surface area (Å²) in [5.74, 6) is -1.61. The molecule has 0 atom stereocenters. The number of alkyl halides is 6. The van der Waals surface area contributed by atoms with Gasteiger partial charge in [-0.15, -0.1) is 13.2 Å². The number of halogens is 6. The monoisotopic (exact) mass is 391 g/mol. The Morgan fingerprint density at radius 2 is 1.74 bits per heavy atom. The predicted octanol–water partition coefficient (Wildman–Crippen LogP) is 4.46. The van der Waals surface area contributed by atoms with Crippen LogP contribution in [0, 0.1) is 0 Å². The van der Waals surface area contributed by atoms with Crippen LogP contribution >= 0.6 is 0 Å². The van der Waals surface area contributed by atoms with Crippen molar-refractivity contribution in [3.05, 3.63) is 48.2 Å². The molecule has 0 saturated carbocycles. The van der Waals surface area contributed by atoms with Crippen LogP contribution in [-0.4, -0.2) is 27.8 Å². The molecule has 27 heavy (non-hydrogen) atoms. The second-order valence-electron chi connectivity index (χ2n) is 5.45. The first kappa shape index (κ1) is 19.0.